The largest absolute Gasteiger partial charge is 0.362 e. The van der Waals surface area contributed by atoms with Gasteiger partial charge in [0, 0.05) is 18.3 Å². The highest BCUT2D eigenvalue weighted by Gasteiger charge is 2.01. The molecule has 0 atom stereocenters. The second-order valence-electron chi connectivity index (χ2n) is 2.51. The molecule has 1 rings (SSSR count). The average molecular weight is 176 g/mol. The Morgan fingerprint density at radius 2 is 2.31 bits per heavy atom. The van der Waals surface area contributed by atoms with E-state index in [2.05, 4.69) is 17.2 Å². The molecule has 1 amide bonds. The van der Waals surface area contributed by atoms with Gasteiger partial charge in [0.05, 0.1) is 0 Å². The standard InChI is InChI=1S/C10H12N2O/c1-3-12-9-6-4-5-8(7-9)10(13)11-2/h3-7,12H,1H2,2H3,(H,11,13). The van der Waals surface area contributed by atoms with Gasteiger partial charge in [0.25, 0.3) is 5.91 Å². The van der Waals surface area contributed by atoms with Gasteiger partial charge in [-0.1, -0.05) is 12.6 Å². The fourth-order valence-electron chi connectivity index (χ4n) is 1.01. The van der Waals surface area contributed by atoms with E-state index in [1.807, 2.05) is 12.1 Å². The zero-order valence-electron chi connectivity index (χ0n) is 7.50. The third-order valence-electron chi connectivity index (χ3n) is 1.62. The van der Waals surface area contributed by atoms with Crippen LogP contribution in [0, 0.1) is 0 Å². The maximum atomic E-state index is 11.2. The number of anilines is 1. The zero-order valence-corrected chi connectivity index (χ0v) is 7.50. The molecule has 3 nitrogen and oxygen atoms in total. The van der Waals surface area contributed by atoms with Gasteiger partial charge in [-0.05, 0) is 24.4 Å². The van der Waals surface area contributed by atoms with Crippen LogP contribution in [0.15, 0.2) is 37.0 Å². The van der Waals surface area contributed by atoms with Crippen LogP contribution in [0.1, 0.15) is 10.4 Å². The first kappa shape index (κ1) is 9.32. The van der Waals surface area contributed by atoms with Gasteiger partial charge in [-0.25, -0.2) is 0 Å². The van der Waals surface area contributed by atoms with E-state index in [1.54, 1.807) is 25.4 Å². The van der Waals surface area contributed by atoms with Crippen molar-refractivity contribution in [2.24, 2.45) is 0 Å². The average Bonchev–Trinajstić information content (AvgIpc) is 2.18. The maximum absolute atomic E-state index is 11.2. The van der Waals surface area contributed by atoms with Crippen LogP contribution in [0.5, 0.6) is 0 Å². The normalized spacial score (nSPS) is 9.00. The van der Waals surface area contributed by atoms with Gasteiger partial charge in [-0.15, -0.1) is 0 Å². The molecule has 1 aromatic rings. The minimum Gasteiger partial charge on any atom is -0.362 e. The number of benzene rings is 1. The minimum atomic E-state index is -0.0901. The van der Waals surface area contributed by atoms with E-state index in [9.17, 15) is 4.79 Å². The molecule has 0 bridgehead atoms. The van der Waals surface area contributed by atoms with Crippen molar-refractivity contribution in [3.05, 3.63) is 42.6 Å². The lowest BCUT2D eigenvalue weighted by Gasteiger charge is -2.03. The predicted molar refractivity (Wildman–Crippen MR) is 53.7 cm³/mol. The van der Waals surface area contributed by atoms with E-state index in [-0.39, 0.29) is 5.91 Å². The van der Waals surface area contributed by atoms with E-state index in [0.717, 1.165) is 5.69 Å². The number of carbonyl (C=O) groups is 1. The van der Waals surface area contributed by atoms with E-state index >= 15 is 0 Å². The summed E-state index contributed by atoms with van der Waals surface area (Å²) in [5.41, 5.74) is 1.49. The van der Waals surface area contributed by atoms with Gasteiger partial charge in [0.1, 0.15) is 0 Å². The summed E-state index contributed by atoms with van der Waals surface area (Å²) in [4.78, 5) is 11.2. The fourth-order valence-corrected chi connectivity index (χ4v) is 1.01. The molecule has 1 aromatic carbocycles. The number of rotatable bonds is 3. The molecule has 0 spiro atoms. The van der Waals surface area contributed by atoms with Crippen molar-refractivity contribution in [2.75, 3.05) is 12.4 Å². The molecule has 0 aliphatic carbocycles. The van der Waals surface area contributed by atoms with Crippen LogP contribution >= 0.6 is 0 Å². The number of carbonyl (C=O) groups excluding carboxylic acids is 1. The summed E-state index contributed by atoms with van der Waals surface area (Å²) in [7, 11) is 1.61. The molecule has 0 aromatic heterocycles. The Kier molecular flexibility index (Phi) is 3.09. The highest BCUT2D eigenvalue weighted by Crippen LogP contribution is 2.09. The van der Waals surface area contributed by atoms with Gasteiger partial charge in [-0.2, -0.15) is 0 Å². The Balaban J connectivity index is 2.90. The third-order valence-corrected chi connectivity index (χ3v) is 1.62. The smallest absolute Gasteiger partial charge is 0.251 e. The highest BCUT2D eigenvalue weighted by atomic mass is 16.1. The topological polar surface area (TPSA) is 41.1 Å². The molecule has 0 saturated carbocycles. The maximum Gasteiger partial charge on any atom is 0.251 e. The van der Waals surface area contributed by atoms with Crippen molar-refractivity contribution in [3.63, 3.8) is 0 Å². The first-order valence-electron chi connectivity index (χ1n) is 3.97. The second-order valence-corrected chi connectivity index (χ2v) is 2.51. The van der Waals surface area contributed by atoms with Crippen LogP contribution < -0.4 is 10.6 Å². The lowest BCUT2D eigenvalue weighted by atomic mass is 10.2. The molecule has 0 unspecified atom stereocenters. The molecular formula is C10H12N2O. The summed E-state index contributed by atoms with van der Waals surface area (Å²) in [5.74, 6) is -0.0901. The molecule has 0 aliphatic heterocycles. The van der Waals surface area contributed by atoms with Crippen LogP contribution in [0.4, 0.5) is 5.69 Å². The molecule has 2 N–H and O–H groups in total. The van der Waals surface area contributed by atoms with Crippen LogP contribution in [0.3, 0.4) is 0 Å². The lowest BCUT2D eigenvalue weighted by Crippen LogP contribution is -2.17. The first-order valence-corrected chi connectivity index (χ1v) is 3.97. The number of hydrogen-bond donors (Lipinski definition) is 2. The summed E-state index contributed by atoms with van der Waals surface area (Å²) < 4.78 is 0. The highest BCUT2D eigenvalue weighted by molar-refractivity contribution is 5.94. The van der Waals surface area contributed by atoms with E-state index in [1.165, 1.54) is 0 Å². The Morgan fingerprint density at radius 3 is 2.92 bits per heavy atom. The lowest BCUT2D eigenvalue weighted by molar-refractivity contribution is 0.0963. The minimum absolute atomic E-state index is 0.0901. The van der Waals surface area contributed by atoms with Gasteiger partial charge in [0.2, 0.25) is 0 Å². The van der Waals surface area contributed by atoms with Gasteiger partial charge < -0.3 is 10.6 Å². The van der Waals surface area contributed by atoms with Crippen molar-refractivity contribution < 1.29 is 4.79 Å². The third kappa shape index (κ3) is 2.33. The van der Waals surface area contributed by atoms with Crippen LogP contribution in [-0.2, 0) is 0 Å². The summed E-state index contributed by atoms with van der Waals surface area (Å²) in [6.07, 6.45) is 1.57. The SMILES string of the molecule is C=CNc1cccc(C(=O)NC)c1. The van der Waals surface area contributed by atoms with Gasteiger partial charge >= 0.3 is 0 Å². The number of nitrogens with one attached hydrogen (secondary N) is 2. The molecule has 0 fully saturated rings. The predicted octanol–water partition coefficient (Wildman–Crippen LogP) is 1.60. The summed E-state index contributed by atoms with van der Waals surface area (Å²) in [5, 5.41) is 5.47. The van der Waals surface area contributed by atoms with E-state index in [4.69, 9.17) is 0 Å². The number of hydrogen-bond acceptors (Lipinski definition) is 2. The molecule has 0 radical (unpaired) electrons. The summed E-state index contributed by atoms with van der Waals surface area (Å²) in [6, 6.07) is 7.21. The Hall–Kier alpha value is -1.77. The van der Waals surface area contributed by atoms with Crippen molar-refractivity contribution >= 4 is 11.6 Å². The van der Waals surface area contributed by atoms with Crippen molar-refractivity contribution in [1.29, 1.82) is 0 Å². The van der Waals surface area contributed by atoms with Crippen molar-refractivity contribution in [3.8, 4) is 0 Å². The van der Waals surface area contributed by atoms with Gasteiger partial charge in [-0.3, -0.25) is 4.79 Å². The Labute approximate surface area is 77.5 Å². The van der Waals surface area contributed by atoms with Crippen LogP contribution in [0.2, 0.25) is 0 Å². The molecule has 68 valence electrons. The quantitative estimate of drug-likeness (QED) is 0.734. The molecule has 0 aliphatic rings. The molecular weight excluding hydrogens is 164 g/mol. The van der Waals surface area contributed by atoms with Crippen LogP contribution in [-0.4, -0.2) is 13.0 Å². The number of amides is 1. The van der Waals surface area contributed by atoms with Crippen LogP contribution in [0.25, 0.3) is 0 Å². The zero-order chi connectivity index (χ0) is 9.68. The van der Waals surface area contributed by atoms with Crippen molar-refractivity contribution in [1.82, 2.24) is 5.32 Å². The monoisotopic (exact) mass is 176 g/mol. The molecule has 3 heteroatoms. The van der Waals surface area contributed by atoms with Gasteiger partial charge in [0.15, 0.2) is 0 Å². The summed E-state index contributed by atoms with van der Waals surface area (Å²) in [6.45, 7) is 3.54. The first-order chi connectivity index (χ1) is 6.27. The second kappa shape index (κ2) is 4.30. The Bertz CT molecular complexity index is 320. The fraction of sp³-hybridized carbons (Fsp3) is 0.100. The summed E-state index contributed by atoms with van der Waals surface area (Å²) >= 11 is 0. The van der Waals surface area contributed by atoms with Crippen molar-refractivity contribution in [2.45, 2.75) is 0 Å². The van der Waals surface area contributed by atoms with E-state index in [0.29, 0.717) is 5.56 Å². The van der Waals surface area contributed by atoms with E-state index < -0.39 is 0 Å². The molecule has 0 saturated heterocycles. The Morgan fingerprint density at radius 1 is 1.54 bits per heavy atom. The molecule has 0 heterocycles. The molecule has 13 heavy (non-hydrogen) atoms.